The number of benzene rings is 2. The monoisotopic (exact) mass is 292 g/mol. The van der Waals surface area contributed by atoms with Crippen LogP contribution in [0.25, 0.3) is 0 Å². The van der Waals surface area contributed by atoms with Crippen molar-refractivity contribution >= 4 is 11.4 Å². The molecule has 0 aromatic heterocycles. The molecule has 8 nitrogen and oxygen atoms in total. The lowest BCUT2D eigenvalue weighted by molar-refractivity contribution is -0.394. The zero-order valence-electron chi connectivity index (χ0n) is 11.0. The summed E-state index contributed by atoms with van der Waals surface area (Å²) in [7, 11) is 0. The third-order valence-corrected chi connectivity index (χ3v) is 2.43. The molecule has 0 bridgehead atoms. The predicted molar refractivity (Wildman–Crippen MR) is 74.3 cm³/mol. The van der Waals surface area contributed by atoms with Crippen LogP contribution in [0.1, 0.15) is 5.56 Å². The topological polar surface area (TPSA) is 127 Å². The van der Waals surface area contributed by atoms with Crippen LogP contribution in [0.4, 0.5) is 11.4 Å². The number of aromatic hydroxyl groups is 2. The molecule has 2 N–H and O–H groups in total. The molecule has 0 radical (unpaired) electrons. The van der Waals surface area contributed by atoms with E-state index in [0.29, 0.717) is 5.75 Å². The number of aryl methyl sites for hydroxylation is 1. The first-order chi connectivity index (χ1) is 9.82. The van der Waals surface area contributed by atoms with Gasteiger partial charge >= 0.3 is 5.69 Å². The van der Waals surface area contributed by atoms with Gasteiger partial charge in [0.1, 0.15) is 5.75 Å². The molecule has 0 amide bonds. The van der Waals surface area contributed by atoms with Gasteiger partial charge in [0.25, 0.3) is 5.69 Å². The Balaban J connectivity index is 0.000000262. The second-order valence-corrected chi connectivity index (χ2v) is 3.98. The molecule has 21 heavy (non-hydrogen) atoms. The van der Waals surface area contributed by atoms with Gasteiger partial charge in [0.15, 0.2) is 5.75 Å². The lowest BCUT2D eigenvalue weighted by Gasteiger charge is -1.99. The molecule has 8 heteroatoms. The van der Waals surface area contributed by atoms with Gasteiger partial charge < -0.3 is 10.2 Å². The molecule has 0 heterocycles. The molecule has 0 fully saturated rings. The predicted octanol–water partition coefficient (Wildman–Crippen LogP) is 2.91. The third-order valence-electron chi connectivity index (χ3n) is 2.43. The summed E-state index contributed by atoms with van der Waals surface area (Å²) in [5.41, 5.74) is -0.963. The van der Waals surface area contributed by atoms with Crippen LogP contribution in [0.15, 0.2) is 42.5 Å². The van der Waals surface area contributed by atoms with E-state index in [0.717, 1.165) is 12.1 Å². The van der Waals surface area contributed by atoms with E-state index in [9.17, 15) is 25.3 Å². The maximum Gasteiger partial charge on any atom is 0.317 e. The minimum atomic E-state index is -0.866. The van der Waals surface area contributed by atoms with Crippen molar-refractivity contribution in [3.63, 3.8) is 0 Å². The number of rotatable bonds is 2. The molecule has 0 spiro atoms. The summed E-state index contributed by atoms with van der Waals surface area (Å²) in [4.78, 5) is 19.1. The SMILES string of the molecule is Cc1cc([N+](=O)[O-])cc([N+](=O)[O-])c1O.Oc1ccccc1. The van der Waals surface area contributed by atoms with Crippen molar-refractivity contribution in [1.29, 1.82) is 0 Å². The highest BCUT2D eigenvalue weighted by atomic mass is 16.6. The molecule has 0 atom stereocenters. The summed E-state index contributed by atoms with van der Waals surface area (Å²) in [6.07, 6.45) is 0. The van der Waals surface area contributed by atoms with Crippen LogP contribution in [-0.2, 0) is 0 Å². The summed E-state index contributed by atoms with van der Waals surface area (Å²) < 4.78 is 0. The minimum Gasteiger partial charge on any atom is -0.508 e. The Hall–Kier alpha value is -3.16. The minimum absolute atomic E-state index is 0.103. The second kappa shape index (κ2) is 6.85. The number of hydrogen-bond donors (Lipinski definition) is 2. The first kappa shape index (κ1) is 15.9. The van der Waals surface area contributed by atoms with Crippen molar-refractivity contribution in [2.45, 2.75) is 6.92 Å². The fourth-order valence-corrected chi connectivity index (χ4v) is 1.41. The van der Waals surface area contributed by atoms with Gasteiger partial charge in [-0.3, -0.25) is 20.2 Å². The summed E-state index contributed by atoms with van der Waals surface area (Å²) in [5.74, 6) is -0.219. The van der Waals surface area contributed by atoms with Crippen molar-refractivity contribution in [3.05, 3.63) is 68.3 Å². The van der Waals surface area contributed by atoms with E-state index < -0.39 is 27.0 Å². The third kappa shape index (κ3) is 4.46. The maximum atomic E-state index is 10.4. The van der Waals surface area contributed by atoms with Gasteiger partial charge in [-0.25, -0.2) is 0 Å². The fourth-order valence-electron chi connectivity index (χ4n) is 1.41. The number of non-ortho nitro benzene ring substituents is 1. The van der Waals surface area contributed by atoms with Crippen LogP contribution in [-0.4, -0.2) is 20.1 Å². The summed E-state index contributed by atoms with van der Waals surface area (Å²) in [5, 5.41) is 38.6. The van der Waals surface area contributed by atoms with Crippen LogP contribution in [0, 0.1) is 27.2 Å². The van der Waals surface area contributed by atoms with Crippen molar-refractivity contribution in [3.8, 4) is 11.5 Å². The second-order valence-electron chi connectivity index (χ2n) is 3.98. The Kier molecular flexibility index (Phi) is 5.18. The molecule has 0 aliphatic heterocycles. The highest BCUT2D eigenvalue weighted by Crippen LogP contribution is 2.33. The molecule has 110 valence electrons. The van der Waals surface area contributed by atoms with Gasteiger partial charge in [0.05, 0.1) is 15.9 Å². The molecule has 0 aliphatic carbocycles. The number of phenols is 2. The van der Waals surface area contributed by atoms with E-state index in [1.54, 1.807) is 24.3 Å². The zero-order chi connectivity index (χ0) is 16.0. The fraction of sp³-hybridized carbons (Fsp3) is 0.0769. The first-order valence-electron chi connectivity index (χ1n) is 5.69. The first-order valence-corrected chi connectivity index (χ1v) is 5.69. The number of hydrogen-bond acceptors (Lipinski definition) is 6. The van der Waals surface area contributed by atoms with Gasteiger partial charge in [-0.15, -0.1) is 0 Å². The standard InChI is InChI=1S/C7H6N2O5.C6H6O/c1-4-2-5(8(11)12)3-6(7(4)10)9(13)14;7-6-4-2-1-3-5-6/h2-3,10H,1H3;1-5,7H. The van der Waals surface area contributed by atoms with Gasteiger partial charge in [-0.2, -0.15) is 0 Å². The number of nitrogens with zero attached hydrogens (tertiary/aromatic N) is 2. The number of nitro benzene ring substituents is 2. The smallest absolute Gasteiger partial charge is 0.317 e. The Morgan fingerprint density at radius 2 is 1.52 bits per heavy atom. The highest BCUT2D eigenvalue weighted by molar-refractivity contribution is 5.57. The normalized spacial score (nSPS) is 9.38. The van der Waals surface area contributed by atoms with Gasteiger partial charge in [0.2, 0.25) is 0 Å². The maximum absolute atomic E-state index is 10.4. The van der Waals surface area contributed by atoms with Crippen LogP contribution in [0.2, 0.25) is 0 Å². The van der Waals surface area contributed by atoms with E-state index in [4.69, 9.17) is 5.11 Å². The van der Waals surface area contributed by atoms with Crippen molar-refractivity contribution in [2.75, 3.05) is 0 Å². The van der Waals surface area contributed by atoms with Crippen LogP contribution in [0.3, 0.4) is 0 Å². The number of nitro groups is 2. The summed E-state index contributed by atoms with van der Waals surface area (Å²) in [6.45, 7) is 1.36. The van der Waals surface area contributed by atoms with Gasteiger partial charge in [-0.1, -0.05) is 18.2 Å². The van der Waals surface area contributed by atoms with Crippen molar-refractivity contribution in [2.24, 2.45) is 0 Å². The molecule has 0 aliphatic rings. The van der Waals surface area contributed by atoms with Crippen LogP contribution < -0.4 is 0 Å². The summed E-state index contributed by atoms with van der Waals surface area (Å²) >= 11 is 0. The lowest BCUT2D eigenvalue weighted by Crippen LogP contribution is -1.94. The number of para-hydroxylation sites is 1. The zero-order valence-corrected chi connectivity index (χ0v) is 11.0. The lowest BCUT2D eigenvalue weighted by atomic mass is 10.1. The Morgan fingerprint density at radius 3 is 1.90 bits per heavy atom. The number of phenolic OH excluding ortho intramolecular Hbond substituents is 2. The van der Waals surface area contributed by atoms with Gasteiger partial charge in [0, 0.05) is 11.6 Å². The van der Waals surface area contributed by atoms with Crippen LogP contribution >= 0.6 is 0 Å². The average molecular weight is 292 g/mol. The van der Waals surface area contributed by atoms with Crippen molar-refractivity contribution < 1.29 is 20.1 Å². The van der Waals surface area contributed by atoms with Crippen LogP contribution in [0.5, 0.6) is 11.5 Å². The molecule has 0 saturated heterocycles. The quantitative estimate of drug-likeness (QED) is 0.647. The molecular formula is C13H12N2O6. The average Bonchev–Trinajstić information content (AvgIpc) is 2.42. The molecule has 2 aromatic carbocycles. The largest absolute Gasteiger partial charge is 0.508 e. The Bertz CT molecular complexity index is 657. The Morgan fingerprint density at radius 1 is 0.952 bits per heavy atom. The van der Waals surface area contributed by atoms with Gasteiger partial charge in [-0.05, 0) is 19.1 Å². The molecule has 2 aromatic rings. The summed E-state index contributed by atoms with van der Waals surface area (Å²) in [6, 6.07) is 10.5. The highest BCUT2D eigenvalue weighted by Gasteiger charge is 2.21. The van der Waals surface area contributed by atoms with E-state index in [1.165, 1.54) is 6.92 Å². The van der Waals surface area contributed by atoms with E-state index >= 15 is 0 Å². The molecular weight excluding hydrogens is 280 g/mol. The van der Waals surface area contributed by atoms with E-state index in [-0.39, 0.29) is 5.56 Å². The van der Waals surface area contributed by atoms with E-state index in [1.807, 2.05) is 6.07 Å². The Labute approximate surface area is 119 Å². The van der Waals surface area contributed by atoms with E-state index in [2.05, 4.69) is 0 Å². The van der Waals surface area contributed by atoms with Crippen molar-refractivity contribution in [1.82, 2.24) is 0 Å². The molecule has 0 unspecified atom stereocenters. The molecule has 0 saturated carbocycles. The molecule has 2 rings (SSSR count).